The Labute approximate surface area is 78.5 Å². The van der Waals surface area contributed by atoms with E-state index in [0.29, 0.717) is 0 Å². The maximum Gasteiger partial charge on any atom is 0.389 e. The van der Waals surface area contributed by atoms with Crippen LogP contribution in [-0.2, 0) is 0 Å². The third-order valence-electron chi connectivity index (χ3n) is 2.64. The van der Waals surface area contributed by atoms with Crippen molar-refractivity contribution in [3.63, 3.8) is 0 Å². The van der Waals surface area contributed by atoms with Crippen LogP contribution in [0.15, 0.2) is 0 Å². The molecule has 84 valence electrons. The second kappa shape index (κ2) is 3.32. The topological polar surface area (TPSA) is 26.0 Å². The lowest BCUT2D eigenvalue weighted by atomic mass is 9.63. The summed E-state index contributed by atoms with van der Waals surface area (Å²) in [5, 5.41) is 0. The quantitative estimate of drug-likeness (QED) is 0.722. The minimum atomic E-state index is -4.28. The molecule has 0 saturated heterocycles. The molecule has 0 spiro atoms. The van der Waals surface area contributed by atoms with Gasteiger partial charge >= 0.3 is 6.18 Å². The molecular formula is C8H12F5N. The molecule has 0 heterocycles. The van der Waals surface area contributed by atoms with Gasteiger partial charge in [0.05, 0.1) is 0 Å². The van der Waals surface area contributed by atoms with E-state index in [9.17, 15) is 22.0 Å². The lowest BCUT2D eigenvalue weighted by molar-refractivity contribution is -0.183. The van der Waals surface area contributed by atoms with Crippen molar-refractivity contribution in [3.05, 3.63) is 0 Å². The summed E-state index contributed by atoms with van der Waals surface area (Å²) in [7, 11) is 0. The molecule has 0 bridgehead atoms. The maximum absolute atomic E-state index is 12.5. The van der Waals surface area contributed by atoms with Crippen molar-refractivity contribution in [2.24, 2.45) is 11.1 Å². The van der Waals surface area contributed by atoms with E-state index in [0.717, 1.165) is 0 Å². The zero-order chi connectivity index (χ0) is 11.0. The average Bonchev–Trinajstić information content (AvgIpc) is 1.95. The molecule has 6 heteroatoms. The van der Waals surface area contributed by atoms with Gasteiger partial charge in [-0.25, -0.2) is 8.78 Å². The molecule has 0 unspecified atom stereocenters. The summed E-state index contributed by atoms with van der Waals surface area (Å²) >= 11 is 0. The average molecular weight is 217 g/mol. The van der Waals surface area contributed by atoms with Gasteiger partial charge in [-0.05, 0) is 18.4 Å². The summed E-state index contributed by atoms with van der Waals surface area (Å²) in [5.41, 5.74) is 4.23. The Bertz CT molecular complexity index is 202. The van der Waals surface area contributed by atoms with Gasteiger partial charge < -0.3 is 5.73 Å². The summed E-state index contributed by atoms with van der Waals surface area (Å²) in [6, 6.07) is 0. The second-order valence-corrected chi connectivity index (χ2v) is 4.03. The monoisotopic (exact) mass is 217 g/mol. The van der Waals surface area contributed by atoms with E-state index in [1.807, 2.05) is 0 Å². The zero-order valence-electron chi connectivity index (χ0n) is 7.50. The van der Waals surface area contributed by atoms with Gasteiger partial charge in [-0.15, -0.1) is 0 Å². The highest BCUT2D eigenvalue weighted by Crippen LogP contribution is 2.54. The predicted molar refractivity (Wildman–Crippen MR) is 41.0 cm³/mol. The molecule has 1 nitrogen and oxygen atoms in total. The highest BCUT2D eigenvalue weighted by Gasteiger charge is 2.56. The molecule has 1 aliphatic rings. The van der Waals surface area contributed by atoms with E-state index in [2.05, 4.69) is 0 Å². The van der Waals surface area contributed by atoms with E-state index >= 15 is 0 Å². The van der Waals surface area contributed by atoms with Crippen LogP contribution in [-0.4, -0.2) is 18.6 Å². The van der Waals surface area contributed by atoms with Crippen molar-refractivity contribution in [1.29, 1.82) is 0 Å². The van der Waals surface area contributed by atoms with Crippen LogP contribution in [0.4, 0.5) is 22.0 Å². The minimum absolute atomic E-state index is 0.0985. The smallest absolute Gasteiger partial charge is 0.330 e. The van der Waals surface area contributed by atoms with Crippen LogP contribution in [0.3, 0.4) is 0 Å². The van der Waals surface area contributed by atoms with Gasteiger partial charge in [0.15, 0.2) is 0 Å². The predicted octanol–water partition coefficient (Wildman–Crippen LogP) is 2.70. The van der Waals surface area contributed by atoms with Crippen molar-refractivity contribution in [3.8, 4) is 0 Å². The fourth-order valence-electron chi connectivity index (χ4n) is 1.88. The first-order chi connectivity index (χ1) is 6.18. The van der Waals surface area contributed by atoms with Crippen molar-refractivity contribution < 1.29 is 22.0 Å². The van der Waals surface area contributed by atoms with Gasteiger partial charge in [0.1, 0.15) is 0 Å². The van der Waals surface area contributed by atoms with E-state index in [-0.39, 0.29) is 13.0 Å². The van der Waals surface area contributed by atoms with Gasteiger partial charge in [-0.1, -0.05) is 0 Å². The Morgan fingerprint density at radius 1 is 1.14 bits per heavy atom. The van der Waals surface area contributed by atoms with Gasteiger partial charge in [0.2, 0.25) is 5.92 Å². The van der Waals surface area contributed by atoms with Crippen molar-refractivity contribution in [1.82, 2.24) is 0 Å². The summed E-state index contributed by atoms with van der Waals surface area (Å²) in [4.78, 5) is 0. The lowest BCUT2D eigenvalue weighted by Crippen LogP contribution is -2.50. The molecule has 0 amide bonds. The van der Waals surface area contributed by atoms with Crippen LogP contribution in [0.2, 0.25) is 0 Å². The molecule has 1 aliphatic carbocycles. The number of hydrogen-bond acceptors (Lipinski definition) is 1. The molecule has 0 aliphatic heterocycles. The number of nitrogens with two attached hydrogens (primary N) is 1. The van der Waals surface area contributed by atoms with Crippen LogP contribution in [0, 0.1) is 5.41 Å². The minimum Gasteiger partial charge on any atom is -0.330 e. The maximum atomic E-state index is 12.5. The largest absolute Gasteiger partial charge is 0.389 e. The van der Waals surface area contributed by atoms with Crippen LogP contribution in [0.1, 0.15) is 25.7 Å². The first kappa shape index (κ1) is 11.7. The Hall–Kier alpha value is -0.390. The van der Waals surface area contributed by atoms with Crippen LogP contribution < -0.4 is 5.73 Å². The molecule has 14 heavy (non-hydrogen) atoms. The summed E-state index contributed by atoms with van der Waals surface area (Å²) < 4.78 is 60.5. The van der Waals surface area contributed by atoms with E-state index in [4.69, 9.17) is 5.73 Å². The molecule has 2 N–H and O–H groups in total. The zero-order valence-corrected chi connectivity index (χ0v) is 7.50. The molecule has 1 fully saturated rings. The fourth-order valence-corrected chi connectivity index (χ4v) is 1.88. The van der Waals surface area contributed by atoms with Gasteiger partial charge in [0, 0.05) is 19.3 Å². The fraction of sp³-hybridized carbons (Fsp3) is 1.00. The number of alkyl halides is 5. The van der Waals surface area contributed by atoms with Gasteiger partial charge in [-0.2, -0.15) is 13.2 Å². The molecule has 1 saturated carbocycles. The van der Waals surface area contributed by atoms with E-state index in [1.165, 1.54) is 0 Å². The molecule has 0 aromatic rings. The van der Waals surface area contributed by atoms with Crippen LogP contribution in [0.5, 0.6) is 0 Å². The third kappa shape index (κ3) is 2.80. The third-order valence-corrected chi connectivity index (χ3v) is 2.64. The summed E-state index contributed by atoms with van der Waals surface area (Å²) in [5.74, 6) is -2.81. The van der Waals surface area contributed by atoms with Crippen LogP contribution in [0.25, 0.3) is 0 Å². The van der Waals surface area contributed by atoms with Crippen molar-refractivity contribution in [2.75, 3.05) is 6.54 Å². The Kier molecular flexibility index (Phi) is 2.77. The highest BCUT2D eigenvalue weighted by molar-refractivity contribution is 4.99. The summed E-state index contributed by atoms with van der Waals surface area (Å²) in [6.45, 7) is -0.0985. The van der Waals surface area contributed by atoms with E-state index < -0.39 is 36.8 Å². The SMILES string of the molecule is NCC1(CCC(F)(F)F)CC(F)(F)C1. The number of hydrogen-bond donors (Lipinski definition) is 1. The lowest BCUT2D eigenvalue weighted by Gasteiger charge is -2.47. The standard InChI is InChI=1S/C8H12F5N/c9-7(10)3-6(4-7,5-14)1-2-8(11,12)13/h1-5,14H2. The van der Waals surface area contributed by atoms with Crippen molar-refractivity contribution in [2.45, 2.75) is 37.8 Å². The Morgan fingerprint density at radius 3 is 1.93 bits per heavy atom. The molecule has 0 atom stereocenters. The molecule has 1 rings (SSSR count). The summed E-state index contributed by atoms with van der Waals surface area (Å²) in [6.07, 6.45) is -6.62. The second-order valence-electron chi connectivity index (χ2n) is 4.03. The molecular weight excluding hydrogens is 205 g/mol. The highest BCUT2D eigenvalue weighted by atomic mass is 19.4. The van der Waals surface area contributed by atoms with E-state index in [1.54, 1.807) is 0 Å². The Morgan fingerprint density at radius 2 is 1.64 bits per heavy atom. The van der Waals surface area contributed by atoms with Gasteiger partial charge in [0.25, 0.3) is 0 Å². The molecule has 0 aromatic carbocycles. The first-order valence-electron chi connectivity index (χ1n) is 4.33. The van der Waals surface area contributed by atoms with Crippen LogP contribution >= 0.6 is 0 Å². The number of rotatable bonds is 3. The molecule has 0 radical (unpaired) electrons. The normalized spacial score (nSPS) is 24.4. The van der Waals surface area contributed by atoms with Crippen molar-refractivity contribution >= 4 is 0 Å². The Balaban J connectivity index is 2.43. The first-order valence-corrected chi connectivity index (χ1v) is 4.33. The number of halogens is 5. The van der Waals surface area contributed by atoms with Gasteiger partial charge in [-0.3, -0.25) is 0 Å². The molecule has 0 aromatic heterocycles.